The Hall–Kier alpha value is -3.48. The van der Waals surface area contributed by atoms with Gasteiger partial charge in [0.05, 0.1) is 5.52 Å². The summed E-state index contributed by atoms with van der Waals surface area (Å²) in [5, 5.41) is 12.2. The second-order valence-electron chi connectivity index (χ2n) is 6.71. The van der Waals surface area contributed by atoms with Gasteiger partial charge in [0.1, 0.15) is 17.8 Å². The second-order valence-corrected chi connectivity index (χ2v) is 6.71. The van der Waals surface area contributed by atoms with Gasteiger partial charge in [-0.3, -0.25) is 4.79 Å². The lowest BCUT2D eigenvalue weighted by atomic mass is 10.2. The van der Waals surface area contributed by atoms with Crippen LogP contribution in [0.25, 0.3) is 22.4 Å². The van der Waals surface area contributed by atoms with E-state index in [9.17, 15) is 4.79 Å². The van der Waals surface area contributed by atoms with E-state index in [1.54, 1.807) is 18.6 Å². The van der Waals surface area contributed by atoms with Crippen LogP contribution in [0, 0.1) is 0 Å². The first-order valence-corrected chi connectivity index (χ1v) is 8.76. The van der Waals surface area contributed by atoms with Gasteiger partial charge in [0.25, 0.3) is 0 Å². The van der Waals surface area contributed by atoms with Crippen molar-refractivity contribution in [3.05, 3.63) is 65.2 Å². The summed E-state index contributed by atoms with van der Waals surface area (Å²) in [7, 11) is 1.92. The van der Waals surface area contributed by atoms with Crippen molar-refractivity contribution in [2.45, 2.75) is 19.9 Å². The fraction of sp³-hybridized carbons (Fsp3) is 0.200. The van der Waals surface area contributed by atoms with Crippen LogP contribution in [0.15, 0.2) is 59.8 Å². The van der Waals surface area contributed by atoms with Gasteiger partial charge in [-0.2, -0.15) is 0 Å². The third kappa shape index (κ3) is 3.19. The summed E-state index contributed by atoms with van der Waals surface area (Å²) in [5.74, 6) is 1.43. The van der Waals surface area contributed by atoms with E-state index in [4.69, 9.17) is 0 Å². The minimum atomic E-state index is 0.0165. The highest BCUT2D eigenvalue weighted by molar-refractivity contribution is 5.83. The van der Waals surface area contributed by atoms with Gasteiger partial charge in [0.2, 0.25) is 0 Å². The average Bonchev–Trinajstić information content (AvgIpc) is 3.15. The van der Waals surface area contributed by atoms with E-state index in [-0.39, 0.29) is 11.5 Å². The summed E-state index contributed by atoms with van der Waals surface area (Å²) in [6, 6.07) is 13.2. The molecule has 4 rings (SSSR count). The highest BCUT2D eigenvalue weighted by Crippen LogP contribution is 2.23. The molecule has 0 bridgehead atoms. The van der Waals surface area contributed by atoms with Crippen LogP contribution in [0.1, 0.15) is 19.9 Å². The third-order valence-corrected chi connectivity index (χ3v) is 4.47. The molecule has 0 radical (unpaired) electrons. The van der Waals surface area contributed by atoms with Gasteiger partial charge in [0, 0.05) is 36.4 Å². The number of aromatic nitrogens is 5. The van der Waals surface area contributed by atoms with Crippen LogP contribution in [0.2, 0.25) is 0 Å². The zero-order chi connectivity index (χ0) is 19.0. The van der Waals surface area contributed by atoms with Crippen molar-refractivity contribution in [1.82, 2.24) is 24.3 Å². The van der Waals surface area contributed by atoms with Gasteiger partial charge in [-0.1, -0.05) is 6.07 Å². The SMILES string of the molecule is CC(C)n1cnnc1-c1cccc(Nc2ccc3c(=O)ccn(C)c3c2)n1. The predicted octanol–water partition coefficient (Wildman–Crippen LogP) is 3.52. The number of rotatable bonds is 4. The van der Waals surface area contributed by atoms with Gasteiger partial charge in [-0.05, 0) is 44.2 Å². The quantitative estimate of drug-likeness (QED) is 0.602. The predicted molar refractivity (Wildman–Crippen MR) is 106 cm³/mol. The molecule has 0 aliphatic carbocycles. The first kappa shape index (κ1) is 17.0. The van der Waals surface area contributed by atoms with E-state index in [0.717, 1.165) is 22.7 Å². The molecule has 3 aromatic heterocycles. The third-order valence-electron chi connectivity index (χ3n) is 4.47. The van der Waals surface area contributed by atoms with Crippen LogP contribution in [-0.2, 0) is 7.05 Å². The fourth-order valence-electron chi connectivity index (χ4n) is 3.04. The van der Waals surface area contributed by atoms with Crippen molar-refractivity contribution in [3.8, 4) is 11.5 Å². The normalized spacial score (nSPS) is 11.3. The Labute approximate surface area is 156 Å². The minimum Gasteiger partial charge on any atom is -0.350 e. The highest BCUT2D eigenvalue weighted by Gasteiger charge is 2.12. The molecule has 0 saturated heterocycles. The van der Waals surface area contributed by atoms with Gasteiger partial charge in [-0.15, -0.1) is 10.2 Å². The maximum Gasteiger partial charge on any atom is 0.189 e. The van der Waals surface area contributed by atoms with Crippen molar-refractivity contribution in [2.75, 3.05) is 5.32 Å². The average molecular weight is 360 g/mol. The first-order valence-electron chi connectivity index (χ1n) is 8.76. The number of anilines is 2. The summed E-state index contributed by atoms with van der Waals surface area (Å²) in [6.07, 6.45) is 3.48. The molecule has 0 atom stereocenters. The molecule has 0 fully saturated rings. The summed E-state index contributed by atoms with van der Waals surface area (Å²) < 4.78 is 3.91. The van der Waals surface area contributed by atoms with Crippen molar-refractivity contribution < 1.29 is 0 Å². The van der Waals surface area contributed by atoms with Crippen LogP contribution in [-0.4, -0.2) is 24.3 Å². The maximum atomic E-state index is 12.0. The summed E-state index contributed by atoms with van der Waals surface area (Å²) in [4.78, 5) is 16.7. The minimum absolute atomic E-state index is 0.0165. The van der Waals surface area contributed by atoms with Crippen LogP contribution >= 0.6 is 0 Å². The van der Waals surface area contributed by atoms with E-state index in [1.807, 2.05) is 52.6 Å². The number of hydrogen-bond donors (Lipinski definition) is 1. The molecule has 0 saturated carbocycles. The molecule has 7 heteroatoms. The lowest BCUT2D eigenvalue weighted by Gasteiger charge is -2.12. The Balaban J connectivity index is 1.69. The van der Waals surface area contributed by atoms with Gasteiger partial charge in [-0.25, -0.2) is 4.98 Å². The zero-order valence-electron chi connectivity index (χ0n) is 15.4. The van der Waals surface area contributed by atoms with Crippen LogP contribution in [0.3, 0.4) is 0 Å². The fourth-order valence-corrected chi connectivity index (χ4v) is 3.04. The highest BCUT2D eigenvalue weighted by atomic mass is 16.1. The van der Waals surface area contributed by atoms with Crippen molar-refractivity contribution in [3.63, 3.8) is 0 Å². The van der Waals surface area contributed by atoms with Gasteiger partial charge in [0.15, 0.2) is 11.3 Å². The molecule has 0 aliphatic rings. The van der Waals surface area contributed by atoms with Gasteiger partial charge < -0.3 is 14.5 Å². The Morgan fingerprint density at radius 3 is 2.78 bits per heavy atom. The number of fused-ring (bicyclic) bond motifs is 1. The molecule has 1 N–H and O–H groups in total. The van der Waals surface area contributed by atoms with E-state index >= 15 is 0 Å². The molecule has 7 nitrogen and oxygen atoms in total. The number of aryl methyl sites for hydroxylation is 1. The molecule has 0 aliphatic heterocycles. The smallest absolute Gasteiger partial charge is 0.189 e. The number of nitrogens with zero attached hydrogens (tertiary/aromatic N) is 5. The van der Waals surface area contributed by atoms with Crippen LogP contribution in [0.4, 0.5) is 11.5 Å². The van der Waals surface area contributed by atoms with E-state index in [1.165, 1.54) is 0 Å². The molecule has 3 heterocycles. The number of pyridine rings is 2. The van der Waals surface area contributed by atoms with E-state index in [2.05, 4.69) is 34.3 Å². The van der Waals surface area contributed by atoms with Crippen LogP contribution < -0.4 is 10.7 Å². The lowest BCUT2D eigenvalue weighted by Crippen LogP contribution is -2.06. The molecule has 136 valence electrons. The molecule has 0 spiro atoms. The molecular weight excluding hydrogens is 340 g/mol. The zero-order valence-corrected chi connectivity index (χ0v) is 15.4. The Bertz CT molecular complexity index is 1170. The van der Waals surface area contributed by atoms with Crippen molar-refractivity contribution in [2.24, 2.45) is 7.05 Å². The molecule has 1 aromatic carbocycles. The molecule has 27 heavy (non-hydrogen) atoms. The van der Waals surface area contributed by atoms with Gasteiger partial charge >= 0.3 is 0 Å². The standard InChI is InChI=1S/C20H20N6O/c1-13(2)26-12-21-24-20(26)16-5-4-6-19(23-16)22-14-7-8-15-17(11-14)25(3)10-9-18(15)27/h4-13H,1-3H3,(H,22,23). The first-order chi connectivity index (χ1) is 13.0. The maximum absolute atomic E-state index is 12.0. The second kappa shape index (κ2) is 6.68. The molecule has 0 unspecified atom stereocenters. The monoisotopic (exact) mass is 360 g/mol. The Morgan fingerprint density at radius 2 is 1.96 bits per heavy atom. The number of benzene rings is 1. The molecule has 0 amide bonds. The molecule has 4 aromatic rings. The number of nitrogens with one attached hydrogen (secondary N) is 1. The summed E-state index contributed by atoms with van der Waals surface area (Å²) in [5.41, 5.74) is 2.49. The van der Waals surface area contributed by atoms with E-state index in [0.29, 0.717) is 11.2 Å². The molecular formula is C20H20N6O. The Kier molecular flexibility index (Phi) is 4.19. The number of hydrogen-bond acceptors (Lipinski definition) is 5. The summed E-state index contributed by atoms with van der Waals surface area (Å²) in [6.45, 7) is 4.16. The van der Waals surface area contributed by atoms with Crippen molar-refractivity contribution in [1.29, 1.82) is 0 Å². The Morgan fingerprint density at radius 1 is 1.11 bits per heavy atom. The topological polar surface area (TPSA) is 77.6 Å². The van der Waals surface area contributed by atoms with E-state index < -0.39 is 0 Å². The van der Waals surface area contributed by atoms with Crippen LogP contribution in [0.5, 0.6) is 0 Å². The summed E-state index contributed by atoms with van der Waals surface area (Å²) >= 11 is 0. The lowest BCUT2D eigenvalue weighted by molar-refractivity contribution is 0.603. The van der Waals surface area contributed by atoms with Crippen molar-refractivity contribution >= 4 is 22.4 Å². The largest absolute Gasteiger partial charge is 0.350 e.